The van der Waals surface area contributed by atoms with E-state index in [0.29, 0.717) is 13.0 Å². The van der Waals surface area contributed by atoms with Gasteiger partial charge >= 0.3 is 0 Å². The summed E-state index contributed by atoms with van der Waals surface area (Å²) in [4.78, 5) is 13.4. The van der Waals surface area contributed by atoms with Gasteiger partial charge in [0.1, 0.15) is 5.82 Å². The Labute approximate surface area is 99.0 Å². The van der Waals surface area contributed by atoms with Gasteiger partial charge in [-0.3, -0.25) is 4.79 Å². The van der Waals surface area contributed by atoms with Gasteiger partial charge in [-0.05, 0) is 24.6 Å². The lowest BCUT2D eigenvalue weighted by Crippen LogP contribution is -2.28. The van der Waals surface area contributed by atoms with Crippen LogP contribution in [-0.2, 0) is 4.79 Å². The Hall–Kier alpha value is -1.09. The van der Waals surface area contributed by atoms with Gasteiger partial charge < -0.3 is 4.90 Å². The summed E-state index contributed by atoms with van der Waals surface area (Å²) in [5.41, 5.74) is 0.931. The van der Waals surface area contributed by atoms with Crippen LogP contribution in [0.25, 0.3) is 0 Å². The van der Waals surface area contributed by atoms with Crippen molar-refractivity contribution in [1.29, 1.82) is 0 Å². The number of carbonyl (C=O) groups is 1. The Morgan fingerprint density at radius 1 is 1.44 bits per heavy atom. The highest BCUT2D eigenvalue weighted by molar-refractivity contribution is 6.22. The van der Waals surface area contributed by atoms with Gasteiger partial charge in [0.05, 0.1) is 11.4 Å². The Morgan fingerprint density at radius 2 is 2.06 bits per heavy atom. The number of halogens is 2. The third-order valence-electron chi connectivity index (χ3n) is 2.93. The van der Waals surface area contributed by atoms with E-state index >= 15 is 0 Å². The fraction of sp³-hybridized carbons (Fsp3) is 0.417. The second-order valence-electron chi connectivity index (χ2n) is 4.08. The van der Waals surface area contributed by atoms with E-state index in [1.165, 1.54) is 12.1 Å². The van der Waals surface area contributed by atoms with E-state index in [0.717, 1.165) is 5.56 Å². The molecule has 1 aliphatic rings. The zero-order chi connectivity index (χ0) is 11.7. The molecule has 1 aliphatic heterocycles. The molecule has 0 bridgehead atoms. The maximum absolute atomic E-state index is 12.8. The molecule has 1 saturated heterocycles. The van der Waals surface area contributed by atoms with Crippen molar-refractivity contribution < 1.29 is 9.18 Å². The van der Waals surface area contributed by atoms with Crippen molar-refractivity contribution in [3.8, 4) is 0 Å². The molecule has 86 valence electrons. The third-order valence-corrected chi connectivity index (χ3v) is 3.22. The molecule has 1 amide bonds. The van der Waals surface area contributed by atoms with Gasteiger partial charge in [-0.25, -0.2) is 4.39 Å². The van der Waals surface area contributed by atoms with Gasteiger partial charge in [-0.15, -0.1) is 11.6 Å². The fourth-order valence-corrected chi connectivity index (χ4v) is 2.26. The van der Waals surface area contributed by atoms with Gasteiger partial charge in [0.15, 0.2) is 0 Å². The lowest BCUT2D eigenvalue weighted by molar-refractivity contribution is -0.129. The first-order valence-electron chi connectivity index (χ1n) is 5.27. The molecule has 16 heavy (non-hydrogen) atoms. The van der Waals surface area contributed by atoms with Crippen LogP contribution in [0.5, 0.6) is 0 Å². The predicted molar refractivity (Wildman–Crippen MR) is 60.8 cm³/mol. The molecule has 0 radical (unpaired) electrons. The Bertz CT molecular complexity index is 393. The van der Waals surface area contributed by atoms with Crippen molar-refractivity contribution in [2.45, 2.75) is 24.8 Å². The summed E-state index contributed by atoms with van der Waals surface area (Å²) in [6, 6.07) is 6.18. The number of likely N-dealkylation sites (tertiary alicyclic amines) is 1. The molecule has 0 saturated carbocycles. The van der Waals surface area contributed by atoms with Crippen molar-refractivity contribution in [2.24, 2.45) is 0 Å². The molecule has 1 aromatic rings. The zero-order valence-electron chi connectivity index (χ0n) is 8.99. The lowest BCUT2D eigenvalue weighted by atomic mass is 10.1. The van der Waals surface area contributed by atoms with Gasteiger partial charge in [-0.2, -0.15) is 0 Å². The summed E-state index contributed by atoms with van der Waals surface area (Å²) in [6.45, 7) is 2.50. The van der Waals surface area contributed by atoms with Crippen LogP contribution in [0, 0.1) is 5.82 Å². The largest absolute Gasteiger partial charge is 0.334 e. The first kappa shape index (κ1) is 11.4. The zero-order valence-corrected chi connectivity index (χ0v) is 9.75. The number of hydrogen-bond donors (Lipinski definition) is 0. The van der Waals surface area contributed by atoms with Crippen LogP contribution in [-0.4, -0.2) is 22.7 Å². The number of hydrogen-bond acceptors (Lipinski definition) is 1. The quantitative estimate of drug-likeness (QED) is 0.729. The van der Waals surface area contributed by atoms with E-state index < -0.39 is 0 Å². The summed E-state index contributed by atoms with van der Waals surface area (Å²) in [5.74, 6) is -0.198. The topological polar surface area (TPSA) is 20.3 Å². The summed E-state index contributed by atoms with van der Waals surface area (Å²) in [7, 11) is 0. The molecule has 1 fully saturated rings. The minimum atomic E-state index is -0.265. The number of amides is 1. The molecule has 1 heterocycles. The van der Waals surface area contributed by atoms with Crippen LogP contribution in [0.1, 0.15) is 24.9 Å². The second-order valence-corrected chi connectivity index (χ2v) is 4.69. The molecule has 0 aromatic heterocycles. The molecule has 2 unspecified atom stereocenters. The number of alkyl halides is 1. The van der Waals surface area contributed by atoms with Gasteiger partial charge in [0.25, 0.3) is 0 Å². The molecule has 0 N–H and O–H groups in total. The first-order chi connectivity index (χ1) is 7.58. The van der Waals surface area contributed by atoms with Crippen LogP contribution >= 0.6 is 11.6 Å². The molecule has 0 spiro atoms. The highest BCUT2D eigenvalue weighted by atomic mass is 35.5. The summed E-state index contributed by atoms with van der Waals surface area (Å²) < 4.78 is 12.8. The first-order valence-corrected chi connectivity index (χ1v) is 5.70. The van der Waals surface area contributed by atoms with E-state index in [1.54, 1.807) is 17.0 Å². The van der Waals surface area contributed by atoms with Gasteiger partial charge in [0, 0.05) is 13.0 Å². The standard InChI is InChI=1S/C12H13ClFNO/c1-8(9-2-4-11(14)5-3-9)15-7-10(13)6-12(15)16/h2-5,8,10H,6-7H2,1H3. The molecule has 4 heteroatoms. The minimum absolute atomic E-state index is 0.0446. The number of rotatable bonds is 2. The van der Waals surface area contributed by atoms with Crippen molar-refractivity contribution in [2.75, 3.05) is 6.54 Å². The molecule has 2 nitrogen and oxygen atoms in total. The average Bonchev–Trinajstić information content (AvgIpc) is 2.58. The van der Waals surface area contributed by atoms with E-state index in [4.69, 9.17) is 11.6 Å². The van der Waals surface area contributed by atoms with Crippen LogP contribution in [0.15, 0.2) is 24.3 Å². The van der Waals surface area contributed by atoms with Crippen molar-refractivity contribution in [1.82, 2.24) is 4.90 Å². The highest BCUT2D eigenvalue weighted by Crippen LogP contribution is 2.27. The highest BCUT2D eigenvalue weighted by Gasteiger charge is 2.31. The monoisotopic (exact) mass is 241 g/mol. The van der Waals surface area contributed by atoms with Crippen molar-refractivity contribution in [3.63, 3.8) is 0 Å². The van der Waals surface area contributed by atoms with E-state index in [9.17, 15) is 9.18 Å². The fourth-order valence-electron chi connectivity index (χ4n) is 1.98. The molecule has 1 aromatic carbocycles. The second kappa shape index (κ2) is 4.42. The normalized spacial score (nSPS) is 22.6. The van der Waals surface area contributed by atoms with Crippen LogP contribution in [0.2, 0.25) is 0 Å². The van der Waals surface area contributed by atoms with Gasteiger partial charge in [-0.1, -0.05) is 12.1 Å². The van der Waals surface area contributed by atoms with Crippen molar-refractivity contribution in [3.05, 3.63) is 35.6 Å². The Balaban J connectivity index is 2.16. The SMILES string of the molecule is CC(c1ccc(F)cc1)N1CC(Cl)CC1=O. The van der Waals surface area contributed by atoms with E-state index in [-0.39, 0.29) is 23.1 Å². The van der Waals surface area contributed by atoms with Crippen LogP contribution < -0.4 is 0 Å². The molecule has 0 aliphatic carbocycles. The maximum Gasteiger partial charge on any atom is 0.224 e. The summed E-state index contributed by atoms with van der Waals surface area (Å²) in [6.07, 6.45) is 0.396. The lowest BCUT2D eigenvalue weighted by Gasteiger charge is -2.24. The van der Waals surface area contributed by atoms with Crippen molar-refractivity contribution >= 4 is 17.5 Å². The Kier molecular flexibility index (Phi) is 3.15. The molecule has 2 rings (SSSR count). The van der Waals surface area contributed by atoms with Gasteiger partial charge in [0.2, 0.25) is 5.91 Å². The molecular weight excluding hydrogens is 229 g/mol. The maximum atomic E-state index is 12.8. The van der Waals surface area contributed by atoms with E-state index in [2.05, 4.69) is 0 Å². The molecular formula is C12H13ClFNO. The smallest absolute Gasteiger partial charge is 0.224 e. The number of nitrogens with zero attached hydrogens (tertiary/aromatic N) is 1. The molecule has 2 atom stereocenters. The minimum Gasteiger partial charge on any atom is -0.334 e. The summed E-state index contributed by atoms with van der Waals surface area (Å²) >= 11 is 5.94. The average molecular weight is 242 g/mol. The Morgan fingerprint density at radius 3 is 2.56 bits per heavy atom. The van der Waals surface area contributed by atoms with E-state index in [1.807, 2.05) is 6.92 Å². The van der Waals surface area contributed by atoms with Crippen LogP contribution in [0.3, 0.4) is 0 Å². The number of carbonyl (C=O) groups excluding carboxylic acids is 1. The van der Waals surface area contributed by atoms with Crippen LogP contribution in [0.4, 0.5) is 4.39 Å². The number of benzene rings is 1. The summed E-state index contributed by atoms with van der Waals surface area (Å²) in [5, 5.41) is -0.101. The third kappa shape index (κ3) is 2.19. The predicted octanol–water partition coefficient (Wildman–Crippen LogP) is 2.73.